The largest absolute Gasteiger partial charge is 0.484 e. The molecule has 0 aliphatic heterocycles. The second kappa shape index (κ2) is 4.22. The quantitative estimate of drug-likeness (QED) is 0.547. The van der Waals surface area contributed by atoms with Crippen LogP contribution in [0.1, 0.15) is 5.56 Å². The van der Waals surface area contributed by atoms with E-state index in [-0.39, 0.29) is 11.3 Å². The average Bonchev–Trinajstić information content (AvgIpc) is 2.14. The van der Waals surface area contributed by atoms with E-state index in [1.165, 1.54) is 12.1 Å². The van der Waals surface area contributed by atoms with Crippen LogP contribution in [0.15, 0.2) is 18.2 Å². The summed E-state index contributed by atoms with van der Waals surface area (Å²) in [4.78, 5) is 0. The summed E-state index contributed by atoms with van der Waals surface area (Å²) < 4.78 is 52.5. The number of rotatable bonds is 2. The van der Waals surface area contributed by atoms with Crippen LogP contribution in [0.4, 0.5) is 17.6 Å². The number of alkyl halides is 3. The summed E-state index contributed by atoms with van der Waals surface area (Å²) in [5, 5.41) is 0. The van der Waals surface area contributed by atoms with Crippen molar-refractivity contribution in [3.8, 4) is 18.1 Å². The highest BCUT2D eigenvalue weighted by Crippen LogP contribution is 2.20. The average molecular weight is 218 g/mol. The molecule has 0 N–H and O–H groups in total. The Morgan fingerprint density at radius 2 is 2.00 bits per heavy atom. The van der Waals surface area contributed by atoms with E-state index >= 15 is 0 Å². The Kier molecular flexibility index (Phi) is 3.20. The maximum Gasteiger partial charge on any atom is 0.422 e. The van der Waals surface area contributed by atoms with Crippen LogP contribution >= 0.6 is 0 Å². The van der Waals surface area contributed by atoms with Crippen molar-refractivity contribution in [1.29, 1.82) is 0 Å². The van der Waals surface area contributed by atoms with Gasteiger partial charge in [-0.25, -0.2) is 4.39 Å². The molecule has 0 radical (unpaired) electrons. The van der Waals surface area contributed by atoms with Gasteiger partial charge in [-0.2, -0.15) is 13.2 Å². The zero-order chi connectivity index (χ0) is 11.5. The van der Waals surface area contributed by atoms with E-state index in [0.717, 1.165) is 6.07 Å². The lowest BCUT2D eigenvalue weighted by atomic mass is 10.2. The summed E-state index contributed by atoms with van der Waals surface area (Å²) in [6, 6.07) is 3.19. The number of halogens is 4. The summed E-state index contributed by atoms with van der Waals surface area (Å²) in [7, 11) is 0. The molecule has 15 heavy (non-hydrogen) atoms. The molecule has 0 saturated heterocycles. The molecule has 0 aromatic heterocycles. The maximum atomic E-state index is 13.0. The summed E-state index contributed by atoms with van der Waals surface area (Å²) >= 11 is 0. The van der Waals surface area contributed by atoms with Gasteiger partial charge >= 0.3 is 6.18 Å². The minimum absolute atomic E-state index is 0.0191. The summed E-state index contributed by atoms with van der Waals surface area (Å²) in [6.07, 6.45) is 0.490. The van der Waals surface area contributed by atoms with Crippen molar-refractivity contribution in [3.63, 3.8) is 0 Å². The minimum atomic E-state index is -4.44. The molecule has 5 heteroatoms. The Labute approximate surface area is 83.7 Å². The van der Waals surface area contributed by atoms with Gasteiger partial charge in [0.05, 0.1) is 5.56 Å². The molecule has 1 rings (SSSR count). The smallest absolute Gasteiger partial charge is 0.422 e. The number of benzene rings is 1. The van der Waals surface area contributed by atoms with Crippen LogP contribution in [0.2, 0.25) is 0 Å². The van der Waals surface area contributed by atoms with Crippen LogP contribution in [0.5, 0.6) is 5.75 Å². The van der Waals surface area contributed by atoms with Gasteiger partial charge in [0.15, 0.2) is 6.61 Å². The Bertz CT molecular complexity index is 389. The summed E-state index contributed by atoms with van der Waals surface area (Å²) in [5.74, 6) is 1.06. The summed E-state index contributed by atoms with van der Waals surface area (Å²) in [6.45, 7) is -1.46. The van der Waals surface area contributed by atoms with Crippen LogP contribution in [-0.4, -0.2) is 12.8 Å². The van der Waals surface area contributed by atoms with Gasteiger partial charge in [0, 0.05) is 6.07 Å². The highest BCUT2D eigenvalue weighted by molar-refractivity contribution is 5.38. The van der Waals surface area contributed by atoms with Crippen molar-refractivity contribution in [3.05, 3.63) is 29.6 Å². The highest BCUT2D eigenvalue weighted by Gasteiger charge is 2.28. The number of terminal acetylenes is 1. The van der Waals surface area contributed by atoms with Gasteiger partial charge in [-0.3, -0.25) is 0 Å². The Hall–Kier alpha value is -1.70. The first-order chi connectivity index (χ1) is 6.92. The van der Waals surface area contributed by atoms with Gasteiger partial charge in [0.2, 0.25) is 0 Å². The van der Waals surface area contributed by atoms with Gasteiger partial charge < -0.3 is 4.74 Å². The van der Waals surface area contributed by atoms with Crippen LogP contribution in [0, 0.1) is 18.2 Å². The lowest BCUT2D eigenvalue weighted by Crippen LogP contribution is -2.19. The first-order valence-corrected chi connectivity index (χ1v) is 3.88. The van der Waals surface area contributed by atoms with Crippen molar-refractivity contribution < 1.29 is 22.3 Å². The molecule has 0 unspecified atom stereocenters. The van der Waals surface area contributed by atoms with Crippen LogP contribution < -0.4 is 4.74 Å². The molecule has 0 bridgehead atoms. The van der Waals surface area contributed by atoms with E-state index in [0.29, 0.717) is 0 Å². The standard InChI is InChI=1S/C10H6F4O/c1-2-7-3-4-8(5-9(7)11)15-6-10(12,13)14/h1,3-5H,6H2. The first kappa shape index (κ1) is 11.4. The van der Waals surface area contributed by atoms with E-state index in [9.17, 15) is 17.6 Å². The van der Waals surface area contributed by atoms with E-state index in [4.69, 9.17) is 6.42 Å². The lowest BCUT2D eigenvalue weighted by Gasteiger charge is -2.09. The van der Waals surface area contributed by atoms with Gasteiger partial charge in [-0.1, -0.05) is 5.92 Å². The molecular weight excluding hydrogens is 212 g/mol. The molecule has 0 amide bonds. The second-order valence-corrected chi connectivity index (χ2v) is 2.69. The van der Waals surface area contributed by atoms with E-state index in [1.807, 2.05) is 5.92 Å². The SMILES string of the molecule is C#Cc1ccc(OCC(F)(F)F)cc1F. The van der Waals surface area contributed by atoms with Crippen LogP contribution in [0.3, 0.4) is 0 Å². The number of ether oxygens (including phenoxy) is 1. The number of hydrogen-bond acceptors (Lipinski definition) is 1. The fourth-order valence-corrected chi connectivity index (χ4v) is 0.868. The van der Waals surface area contributed by atoms with Gasteiger partial charge in [0.25, 0.3) is 0 Å². The third-order valence-corrected chi connectivity index (χ3v) is 1.50. The predicted molar refractivity (Wildman–Crippen MR) is 45.9 cm³/mol. The molecule has 0 fully saturated rings. The third kappa shape index (κ3) is 3.50. The van der Waals surface area contributed by atoms with E-state index < -0.39 is 18.6 Å². The third-order valence-electron chi connectivity index (χ3n) is 1.50. The predicted octanol–water partition coefficient (Wildman–Crippen LogP) is 2.75. The van der Waals surface area contributed by atoms with Crippen LogP contribution in [0.25, 0.3) is 0 Å². The lowest BCUT2D eigenvalue weighted by molar-refractivity contribution is -0.153. The van der Waals surface area contributed by atoms with Crippen molar-refractivity contribution in [2.45, 2.75) is 6.18 Å². The van der Waals surface area contributed by atoms with Crippen molar-refractivity contribution >= 4 is 0 Å². The van der Waals surface area contributed by atoms with Gasteiger partial charge in [-0.15, -0.1) is 6.42 Å². The molecule has 0 spiro atoms. The molecule has 0 saturated carbocycles. The topological polar surface area (TPSA) is 9.23 Å². The molecule has 0 heterocycles. The van der Waals surface area contributed by atoms with E-state index in [1.54, 1.807) is 0 Å². The Morgan fingerprint density at radius 3 is 2.47 bits per heavy atom. The molecule has 1 aromatic carbocycles. The number of hydrogen-bond donors (Lipinski definition) is 0. The maximum absolute atomic E-state index is 13.0. The van der Waals surface area contributed by atoms with Gasteiger partial charge in [-0.05, 0) is 12.1 Å². The molecule has 80 valence electrons. The normalized spacial score (nSPS) is 10.9. The van der Waals surface area contributed by atoms with Crippen LogP contribution in [-0.2, 0) is 0 Å². The fraction of sp³-hybridized carbons (Fsp3) is 0.200. The zero-order valence-electron chi connectivity index (χ0n) is 7.44. The zero-order valence-corrected chi connectivity index (χ0v) is 7.44. The van der Waals surface area contributed by atoms with Crippen molar-refractivity contribution in [2.24, 2.45) is 0 Å². The molecule has 0 aliphatic rings. The second-order valence-electron chi connectivity index (χ2n) is 2.69. The first-order valence-electron chi connectivity index (χ1n) is 3.88. The highest BCUT2D eigenvalue weighted by atomic mass is 19.4. The Morgan fingerprint density at radius 1 is 1.33 bits per heavy atom. The van der Waals surface area contributed by atoms with Crippen molar-refractivity contribution in [1.82, 2.24) is 0 Å². The Balaban J connectivity index is 2.73. The molecule has 0 atom stereocenters. The molecule has 1 aromatic rings. The molecule has 1 nitrogen and oxygen atoms in total. The van der Waals surface area contributed by atoms with Gasteiger partial charge in [0.1, 0.15) is 11.6 Å². The van der Waals surface area contributed by atoms with Crippen molar-refractivity contribution in [2.75, 3.05) is 6.61 Å². The summed E-state index contributed by atoms with van der Waals surface area (Å²) in [5.41, 5.74) is -0.0191. The molecular formula is C10H6F4O. The van der Waals surface area contributed by atoms with E-state index in [2.05, 4.69) is 4.74 Å². The minimum Gasteiger partial charge on any atom is -0.484 e. The molecule has 0 aliphatic carbocycles. The monoisotopic (exact) mass is 218 g/mol. The fourth-order valence-electron chi connectivity index (χ4n) is 0.868.